The average molecular weight is 174 g/mol. The highest BCUT2D eigenvalue weighted by atomic mass is 16.3. The van der Waals surface area contributed by atoms with Crippen molar-refractivity contribution in [2.75, 3.05) is 0 Å². The van der Waals surface area contributed by atoms with Crippen molar-refractivity contribution in [3.05, 3.63) is 35.1 Å². The van der Waals surface area contributed by atoms with E-state index in [1.807, 2.05) is 6.92 Å². The second-order valence-corrected chi connectivity index (χ2v) is 3.53. The first-order chi connectivity index (χ1) is 6.20. The molecule has 0 fully saturated rings. The first kappa shape index (κ1) is 8.36. The minimum absolute atomic E-state index is 0.989. The Morgan fingerprint density at radius 2 is 1.92 bits per heavy atom. The highest BCUT2D eigenvalue weighted by Gasteiger charge is 2.03. The average Bonchev–Trinajstić information content (AvgIpc) is 2.42. The molecule has 0 radical (unpaired) electrons. The van der Waals surface area contributed by atoms with Crippen LogP contribution in [0, 0.1) is 13.8 Å². The van der Waals surface area contributed by atoms with Crippen LogP contribution in [0.15, 0.2) is 22.6 Å². The van der Waals surface area contributed by atoms with Crippen molar-refractivity contribution in [3.8, 4) is 0 Å². The van der Waals surface area contributed by atoms with Gasteiger partial charge in [0.15, 0.2) is 0 Å². The van der Waals surface area contributed by atoms with Crippen molar-refractivity contribution in [1.29, 1.82) is 0 Å². The summed E-state index contributed by atoms with van der Waals surface area (Å²) in [7, 11) is 0. The van der Waals surface area contributed by atoms with E-state index in [0.717, 1.165) is 17.8 Å². The third-order valence-electron chi connectivity index (χ3n) is 2.48. The summed E-state index contributed by atoms with van der Waals surface area (Å²) in [4.78, 5) is 0. The van der Waals surface area contributed by atoms with Crippen molar-refractivity contribution < 1.29 is 4.42 Å². The quantitative estimate of drug-likeness (QED) is 0.643. The van der Waals surface area contributed by atoms with Crippen LogP contribution in [0.4, 0.5) is 0 Å². The molecule has 0 amide bonds. The number of furan rings is 1. The molecule has 0 aliphatic carbocycles. The van der Waals surface area contributed by atoms with Gasteiger partial charge in [-0.3, -0.25) is 0 Å². The van der Waals surface area contributed by atoms with Gasteiger partial charge in [-0.1, -0.05) is 6.92 Å². The van der Waals surface area contributed by atoms with E-state index < -0.39 is 0 Å². The van der Waals surface area contributed by atoms with Crippen LogP contribution >= 0.6 is 0 Å². The Balaban J connectivity index is 2.72. The zero-order chi connectivity index (χ0) is 9.42. The maximum absolute atomic E-state index is 5.55. The maximum Gasteiger partial charge on any atom is 0.134 e. The van der Waals surface area contributed by atoms with E-state index in [0.29, 0.717) is 0 Å². The van der Waals surface area contributed by atoms with Crippen molar-refractivity contribution in [3.63, 3.8) is 0 Å². The second-order valence-electron chi connectivity index (χ2n) is 3.53. The normalized spacial score (nSPS) is 11.0. The lowest BCUT2D eigenvalue weighted by molar-refractivity contribution is 0.578. The molecule has 2 rings (SSSR count). The van der Waals surface area contributed by atoms with Gasteiger partial charge in [0.1, 0.15) is 11.3 Å². The van der Waals surface area contributed by atoms with E-state index in [2.05, 4.69) is 32.0 Å². The Kier molecular flexibility index (Phi) is 1.87. The molecule has 1 heteroatoms. The molecular formula is C12H14O. The zero-order valence-corrected chi connectivity index (χ0v) is 8.35. The number of fused-ring (bicyclic) bond motifs is 1. The Hall–Kier alpha value is -1.24. The molecule has 0 N–H and O–H groups in total. The van der Waals surface area contributed by atoms with Crippen LogP contribution in [0.1, 0.15) is 23.8 Å². The molecule has 1 nitrogen and oxygen atoms in total. The van der Waals surface area contributed by atoms with E-state index in [4.69, 9.17) is 4.42 Å². The van der Waals surface area contributed by atoms with Gasteiger partial charge in [-0.05, 0) is 49.6 Å². The molecule has 1 aromatic heterocycles. The molecular weight excluding hydrogens is 160 g/mol. The molecule has 0 atom stereocenters. The highest BCUT2D eigenvalue weighted by Crippen LogP contribution is 2.23. The van der Waals surface area contributed by atoms with Gasteiger partial charge in [0.25, 0.3) is 0 Å². The molecule has 0 aliphatic heterocycles. The standard InChI is InChI=1S/C12H14O/c1-4-10-7-11-6-9(3)13-12(11)5-8(10)2/h5-7H,4H2,1-3H3. The summed E-state index contributed by atoms with van der Waals surface area (Å²) in [5.74, 6) is 0.989. The fourth-order valence-corrected chi connectivity index (χ4v) is 1.75. The van der Waals surface area contributed by atoms with E-state index >= 15 is 0 Å². The highest BCUT2D eigenvalue weighted by molar-refractivity contribution is 5.79. The van der Waals surface area contributed by atoms with Gasteiger partial charge in [0.2, 0.25) is 0 Å². The predicted octanol–water partition coefficient (Wildman–Crippen LogP) is 3.61. The zero-order valence-electron chi connectivity index (χ0n) is 8.35. The molecule has 2 aromatic rings. The second kappa shape index (κ2) is 2.91. The van der Waals surface area contributed by atoms with E-state index in [-0.39, 0.29) is 0 Å². The summed E-state index contributed by atoms with van der Waals surface area (Å²) in [6.07, 6.45) is 1.09. The van der Waals surface area contributed by atoms with Crippen LogP contribution in [-0.2, 0) is 6.42 Å². The van der Waals surface area contributed by atoms with E-state index in [1.165, 1.54) is 16.5 Å². The minimum atomic E-state index is 0.989. The number of hydrogen-bond donors (Lipinski definition) is 0. The monoisotopic (exact) mass is 174 g/mol. The molecule has 13 heavy (non-hydrogen) atoms. The Morgan fingerprint density at radius 3 is 2.62 bits per heavy atom. The first-order valence-electron chi connectivity index (χ1n) is 4.70. The fraction of sp³-hybridized carbons (Fsp3) is 0.333. The van der Waals surface area contributed by atoms with Gasteiger partial charge in [-0.2, -0.15) is 0 Å². The molecule has 1 heterocycles. The molecule has 0 bridgehead atoms. The lowest BCUT2D eigenvalue weighted by Gasteiger charge is -2.01. The fourth-order valence-electron chi connectivity index (χ4n) is 1.75. The summed E-state index contributed by atoms with van der Waals surface area (Å²) in [6.45, 7) is 6.30. The maximum atomic E-state index is 5.55. The topological polar surface area (TPSA) is 13.1 Å². The van der Waals surface area contributed by atoms with Crippen molar-refractivity contribution in [2.24, 2.45) is 0 Å². The molecule has 0 aliphatic rings. The Bertz CT molecular complexity index is 438. The number of rotatable bonds is 1. The third-order valence-corrected chi connectivity index (χ3v) is 2.48. The first-order valence-corrected chi connectivity index (χ1v) is 4.70. The lowest BCUT2D eigenvalue weighted by atomic mass is 10.0. The van der Waals surface area contributed by atoms with Crippen molar-refractivity contribution >= 4 is 11.0 Å². The summed E-state index contributed by atoms with van der Waals surface area (Å²) in [6, 6.07) is 6.44. The number of benzene rings is 1. The van der Waals surface area contributed by atoms with Crippen molar-refractivity contribution in [2.45, 2.75) is 27.2 Å². The van der Waals surface area contributed by atoms with Crippen LogP contribution in [0.5, 0.6) is 0 Å². The largest absolute Gasteiger partial charge is 0.461 e. The third kappa shape index (κ3) is 1.35. The Morgan fingerprint density at radius 1 is 1.15 bits per heavy atom. The molecule has 1 aromatic carbocycles. The Labute approximate surface area is 78.4 Å². The van der Waals surface area contributed by atoms with Gasteiger partial charge >= 0.3 is 0 Å². The van der Waals surface area contributed by atoms with Gasteiger partial charge in [0, 0.05) is 5.39 Å². The van der Waals surface area contributed by atoms with E-state index in [9.17, 15) is 0 Å². The lowest BCUT2D eigenvalue weighted by Crippen LogP contribution is -1.84. The number of aryl methyl sites for hydroxylation is 3. The van der Waals surface area contributed by atoms with Crippen LogP contribution in [0.25, 0.3) is 11.0 Å². The van der Waals surface area contributed by atoms with Gasteiger partial charge in [-0.25, -0.2) is 0 Å². The summed E-state index contributed by atoms with van der Waals surface area (Å²) >= 11 is 0. The van der Waals surface area contributed by atoms with Crippen LogP contribution in [0.2, 0.25) is 0 Å². The van der Waals surface area contributed by atoms with Gasteiger partial charge in [0.05, 0.1) is 0 Å². The van der Waals surface area contributed by atoms with Crippen LogP contribution in [-0.4, -0.2) is 0 Å². The van der Waals surface area contributed by atoms with E-state index in [1.54, 1.807) is 0 Å². The molecule has 0 unspecified atom stereocenters. The summed E-state index contributed by atoms with van der Waals surface area (Å²) in [5.41, 5.74) is 3.74. The summed E-state index contributed by atoms with van der Waals surface area (Å²) < 4.78 is 5.55. The smallest absolute Gasteiger partial charge is 0.134 e. The molecule has 0 saturated carbocycles. The van der Waals surface area contributed by atoms with Crippen molar-refractivity contribution in [1.82, 2.24) is 0 Å². The van der Waals surface area contributed by atoms with Gasteiger partial charge in [-0.15, -0.1) is 0 Å². The summed E-state index contributed by atoms with van der Waals surface area (Å²) in [5, 5.41) is 1.22. The minimum Gasteiger partial charge on any atom is -0.461 e. The van der Waals surface area contributed by atoms with Crippen LogP contribution < -0.4 is 0 Å². The number of hydrogen-bond acceptors (Lipinski definition) is 1. The molecule has 0 spiro atoms. The van der Waals surface area contributed by atoms with Gasteiger partial charge < -0.3 is 4.42 Å². The van der Waals surface area contributed by atoms with Crippen LogP contribution in [0.3, 0.4) is 0 Å². The molecule has 68 valence electrons. The predicted molar refractivity (Wildman–Crippen MR) is 55.1 cm³/mol. The molecule has 0 saturated heterocycles. The SMILES string of the molecule is CCc1cc2cc(C)oc2cc1C.